The highest BCUT2D eigenvalue weighted by Crippen LogP contribution is 2.29. The fourth-order valence-corrected chi connectivity index (χ4v) is 4.04. The van der Waals surface area contributed by atoms with Crippen LogP contribution < -0.4 is 0 Å². The van der Waals surface area contributed by atoms with Crippen molar-refractivity contribution in [1.29, 1.82) is 0 Å². The number of pyridine rings is 1. The van der Waals surface area contributed by atoms with Gasteiger partial charge in [-0.25, -0.2) is 9.59 Å². The molecule has 2 aromatic carbocycles. The number of nitrogens with zero attached hydrogens (tertiary/aromatic N) is 3. The fourth-order valence-electron chi connectivity index (χ4n) is 4.04. The van der Waals surface area contributed by atoms with Gasteiger partial charge < -0.3 is 19.6 Å². The van der Waals surface area contributed by atoms with Gasteiger partial charge in [-0.2, -0.15) is 13.2 Å². The van der Waals surface area contributed by atoms with E-state index in [0.717, 1.165) is 34.2 Å². The largest absolute Gasteiger partial charge is 0.480 e. The van der Waals surface area contributed by atoms with Crippen molar-refractivity contribution >= 4 is 24.0 Å². The van der Waals surface area contributed by atoms with Crippen LogP contribution in [0.4, 0.5) is 18.0 Å². The van der Waals surface area contributed by atoms with Gasteiger partial charge in [-0.15, -0.1) is 0 Å². The molecule has 4 rings (SSSR count). The zero-order valence-corrected chi connectivity index (χ0v) is 20.5. The Morgan fingerprint density at radius 2 is 1.67 bits per heavy atom. The quantitative estimate of drug-likeness (QED) is 0.395. The molecule has 1 unspecified atom stereocenters. The summed E-state index contributed by atoms with van der Waals surface area (Å²) in [6, 6.07) is 13.7. The summed E-state index contributed by atoms with van der Waals surface area (Å²) in [5.41, 5.74) is 1.97. The second-order valence-corrected chi connectivity index (χ2v) is 8.77. The molecule has 0 saturated carbocycles. The minimum Gasteiger partial charge on any atom is -0.480 e. The first-order valence-corrected chi connectivity index (χ1v) is 11.9. The number of ether oxygens (including phenoxy) is 1. The number of carboxylic acid groups (broad SMARTS) is 1. The number of aliphatic carboxylic acids is 1. The Morgan fingerprint density at radius 1 is 1.03 bits per heavy atom. The van der Waals surface area contributed by atoms with Crippen LogP contribution in [0, 0.1) is 0 Å². The van der Waals surface area contributed by atoms with Crippen LogP contribution in [0.3, 0.4) is 0 Å². The van der Waals surface area contributed by atoms with E-state index >= 15 is 0 Å². The minimum absolute atomic E-state index is 0.0906. The number of rotatable bonds is 9. The van der Waals surface area contributed by atoms with E-state index in [0.29, 0.717) is 11.1 Å². The zero-order chi connectivity index (χ0) is 28.0. The van der Waals surface area contributed by atoms with Crippen LogP contribution in [0.1, 0.15) is 16.7 Å². The molecular weight excluding hydrogens is 515 g/mol. The summed E-state index contributed by atoms with van der Waals surface area (Å²) < 4.78 is 43.4. The van der Waals surface area contributed by atoms with Crippen LogP contribution in [-0.2, 0) is 27.0 Å². The SMILES string of the molecule is O=C(O)C(CN1CCOC1=O)N(Cc1ccc(-c2ccncc2)cc1)C(=O)C=Cc1ccc(C(F)(F)F)cc1. The smallest absolute Gasteiger partial charge is 0.416 e. The van der Waals surface area contributed by atoms with Crippen molar-refractivity contribution in [2.24, 2.45) is 0 Å². The van der Waals surface area contributed by atoms with Gasteiger partial charge in [0.05, 0.1) is 18.7 Å². The second-order valence-electron chi connectivity index (χ2n) is 8.77. The molecule has 11 heteroatoms. The number of benzene rings is 2. The molecule has 1 aliphatic heterocycles. The summed E-state index contributed by atoms with van der Waals surface area (Å²) in [4.78, 5) is 43.8. The number of amides is 2. The Labute approximate surface area is 221 Å². The van der Waals surface area contributed by atoms with E-state index in [1.807, 2.05) is 24.3 Å². The van der Waals surface area contributed by atoms with Crippen molar-refractivity contribution in [2.45, 2.75) is 18.8 Å². The fraction of sp³-hybridized carbons (Fsp3) is 0.214. The van der Waals surface area contributed by atoms with E-state index in [1.165, 1.54) is 23.1 Å². The van der Waals surface area contributed by atoms with Gasteiger partial charge >= 0.3 is 18.2 Å². The van der Waals surface area contributed by atoms with E-state index in [4.69, 9.17) is 4.74 Å². The third kappa shape index (κ3) is 7.01. The number of hydrogen-bond donors (Lipinski definition) is 1. The lowest BCUT2D eigenvalue weighted by atomic mass is 10.0. The lowest BCUT2D eigenvalue weighted by Crippen LogP contribution is -2.50. The van der Waals surface area contributed by atoms with E-state index in [2.05, 4.69) is 4.98 Å². The number of halogens is 3. The van der Waals surface area contributed by atoms with Crippen LogP contribution in [0.15, 0.2) is 79.1 Å². The van der Waals surface area contributed by atoms with Crippen LogP contribution >= 0.6 is 0 Å². The third-order valence-electron chi connectivity index (χ3n) is 6.16. The molecule has 1 aromatic heterocycles. The molecule has 0 spiro atoms. The van der Waals surface area contributed by atoms with Crippen molar-refractivity contribution in [3.8, 4) is 11.1 Å². The predicted octanol–water partition coefficient (Wildman–Crippen LogP) is 4.71. The van der Waals surface area contributed by atoms with E-state index in [9.17, 15) is 32.7 Å². The minimum atomic E-state index is -4.49. The molecule has 3 aromatic rings. The molecule has 0 radical (unpaired) electrons. The summed E-state index contributed by atoms with van der Waals surface area (Å²) in [6.07, 6.45) is 0.571. The summed E-state index contributed by atoms with van der Waals surface area (Å²) in [5, 5.41) is 9.99. The number of carbonyl (C=O) groups is 3. The normalized spacial score (nSPS) is 14.3. The molecule has 1 saturated heterocycles. The molecule has 1 N–H and O–H groups in total. The number of carbonyl (C=O) groups excluding carboxylic acids is 2. The Hall–Kier alpha value is -4.67. The highest BCUT2D eigenvalue weighted by molar-refractivity contribution is 5.94. The van der Waals surface area contributed by atoms with Gasteiger partial charge in [0.25, 0.3) is 0 Å². The summed E-state index contributed by atoms with van der Waals surface area (Å²) in [5.74, 6) is -2.01. The molecule has 202 valence electrons. The molecule has 1 fully saturated rings. The van der Waals surface area contributed by atoms with Crippen molar-refractivity contribution in [1.82, 2.24) is 14.8 Å². The van der Waals surface area contributed by atoms with Gasteiger partial charge in [-0.05, 0) is 52.6 Å². The Kier molecular flexibility index (Phi) is 8.28. The van der Waals surface area contributed by atoms with Crippen LogP contribution in [0.5, 0.6) is 0 Å². The van der Waals surface area contributed by atoms with E-state index in [-0.39, 0.29) is 26.2 Å². The molecule has 1 aliphatic rings. The monoisotopic (exact) mass is 539 g/mol. The van der Waals surface area contributed by atoms with Gasteiger partial charge in [-0.3, -0.25) is 9.78 Å². The highest BCUT2D eigenvalue weighted by atomic mass is 19.4. The van der Waals surface area contributed by atoms with E-state index in [1.54, 1.807) is 24.5 Å². The van der Waals surface area contributed by atoms with Crippen molar-refractivity contribution < 1.29 is 37.4 Å². The Balaban J connectivity index is 1.58. The maximum atomic E-state index is 13.3. The third-order valence-corrected chi connectivity index (χ3v) is 6.16. The van der Waals surface area contributed by atoms with Gasteiger partial charge in [0.15, 0.2) is 0 Å². The molecular formula is C28H24F3N3O5. The molecule has 0 aliphatic carbocycles. The Bertz CT molecular complexity index is 1340. The summed E-state index contributed by atoms with van der Waals surface area (Å²) in [6.45, 7) is -0.0775. The highest BCUT2D eigenvalue weighted by Gasteiger charge is 2.34. The van der Waals surface area contributed by atoms with Crippen LogP contribution in [0.2, 0.25) is 0 Å². The number of hydrogen-bond acceptors (Lipinski definition) is 5. The number of carboxylic acids is 1. The lowest BCUT2D eigenvalue weighted by Gasteiger charge is -2.30. The van der Waals surface area contributed by atoms with Crippen LogP contribution in [-0.4, -0.2) is 63.6 Å². The van der Waals surface area contributed by atoms with Crippen molar-refractivity contribution in [3.05, 3.63) is 95.8 Å². The number of aromatic nitrogens is 1. The summed E-state index contributed by atoms with van der Waals surface area (Å²) >= 11 is 0. The zero-order valence-electron chi connectivity index (χ0n) is 20.5. The molecule has 8 nitrogen and oxygen atoms in total. The first kappa shape index (κ1) is 27.4. The van der Waals surface area contributed by atoms with Gasteiger partial charge in [0.1, 0.15) is 12.6 Å². The van der Waals surface area contributed by atoms with Crippen molar-refractivity contribution in [2.75, 3.05) is 19.7 Å². The standard InChI is InChI=1S/C28H24F3N3O5/c29-28(30,31)23-8-3-19(4-9-23)5-10-25(35)34(24(26(36)37)18-33-15-16-39-27(33)38)17-20-1-6-21(7-2-20)22-11-13-32-14-12-22/h1-14,24H,15-18H2,(H,36,37). The molecule has 0 bridgehead atoms. The van der Waals surface area contributed by atoms with Crippen LogP contribution in [0.25, 0.3) is 17.2 Å². The van der Waals surface area contributed by atoms with Crippen molar-refractivity contribution in [3.63, 3.8) is 0 Å². The van der Waals surface area contributed by atoms with Gasteiger partial charge in [-0.1, -0.05) is 36.4 Å². The van der Waals surface area contributed by atoms with Gasteiger partial charge in [0, 0.05) is 25.0 Å². The van der Waals surface area contributed by atoms with E-state index < -0.39 is 35.8 Å². The first-order valence-electron chi connectivity index (χ1n) is 11.9. The molecule has 39 heavy (non-hydrogen) atoms. The lowest BCUT2D eigenvalue weighted by molar-refractivity contribution is -0.149. The first-order chi connectivity index (χ1) is 18.6. The molecule has 2 amide bonds. The van der Waals surface area contributed by atoms with Gasteiger partial charge in [0.2, 0.25) is 5.91 Å². The Morgan fingerprint density at radius 3 is 2.23 bits per heavy atom. The second kappa shape index (κ2) is 11.8. The maximum Gasteiger partial charge on any atom is 0.416 e. The number of alkyl halides is 3. The summed E-state index contributed by atoms with van der Waals surface area (Å²) in [7, 11) is 0. The molecule has 2 heterocycles. The number of cyclic esters (lactones) is 1. The predicted molar refractivity (Wildman–Crippen MR) is 135 cm³/mol. The molecule has 1 atom stereocenters. The maximum absolute atomic E-state index is 13.3. The average molecular weight is 540 g/mol. The average Bonchev–Trinajstić information content (AvgIpc) is 3.33. The topological polar surface area (TPSA) is 100 Å².